The van der Waals surface area contributed by atoms with Crippen LogP contribution < -0.4 is 5.73 Å². The molecule has 1 atom stereocenters. The Labute approximate surface area is 67.5 Å². The lowest BCUT2D eigenvalue weighted by Gasteiger charge is -2.32. The molecule has 0 aromatic rings. The lowest BCUT2D eigenvalue weighted by molar-refractivity contribution is -0.136. The molecule has 0 aliphatic carbocycles. The van der Waals surface area contributed by atoms with Crippen LogP contribution in [0.3, 0.4) is 0 Å². The molecule has 1 amide bonds. The van der Waals surface area contributed by atoms with E-state index in [1.54, 1.807) is 0 Å². The second-order valence-corrected chi connectivity index (χ2v) is 3.07. The molecule has 1 fully saturated rings. The second kappa shape index (κ2) is 3.72. The summed E-state index contributed by atoms with van der Waals surface area (Å²) in [5, 5.41) is 0. The molecule has 64 valence electrons. The van der Waals surface area contributed by atoms with Gasteiger partial charge in [0, 0.05) is 13.1 Å². The first kappa shape index (κ1) is 8.53. The predicted octanol–water partition coefficient (Wildman–Crippen LogP) is 0.346. The van der Waals surface area contributed by atoms with Crippen molar-refractivity contribution >= 4 is 5.91 Å². The van der Waals surface area contributed by atoms with Crippen LogP contribution in [0.5, 0.6) is 0 Å². The maximum atomic E-state index is 11.3. The Morgan fingerprint density at radius 1 is 1.64 bits per heavy atom. The summed E-state index contributed by atoms with van der Waals surface area (Å²) >= 11 is 0. The van der Waals surface area contributed by atoms with Crippen molar-refractivity contribution in [3.8, 4) is 0 Å². The predicted molar refractivity (Wildman–Crippen MR) is 44.1 cm³/mol. The summed E-state index contributed by atoms with van der Waals surface area (Å²) in [6.45, 7) is 3.87. The molecule has 0 bridgehead atoms. The molecule has 1 aliphatic heterocycles. The highest BCUT2D eigenvalue weighted by molar-refractivity contribution is 5.82. The van der Waals surface area contributed by atoms with Gasteiger partial charge in [-0.1, -0.05) is 13.3 Å². The summed E-state index contributed by atoms with van der Waals surface area (Å²) in [7, 11) is 0. The van der Waals surface area contributed by atoms with Crippen molar-refractivity contribution in [3.63, 3.8) is 0 Å². The fraction of sp³-hybridized carbons (Fsp3) is 0.875. The van der Waals surface area contributed by atoms with E-state index in [2.05, 4.69) is 0 Å². The number of carbonyl (C=O) groups excluding carboxylic acids is 1. The summed E-state index contributed by atoms with van der Waals surface area (Å²) in [6.07, 6.45) is 2.95. The molecule has 0 aromatic carbocycles. The van der Waals surface area contributed by atoms with E-state index < -0.39 is 0 Å². The minimum atomic E-state index is -0.250. The molecule has 2 N–H and O–H groups in total. The van der Waals surface area contributed by atoms with Gasteiger partial charge >= 0.3 is 0 Å². The first-order valence-electron chi connectivity index (χ1n) is 4.30. The highest BCUT2D eigenvalue weighted by Gasteiger charge is 2.24. The first-order valence-corrected chi connectivity index (χ1v) is 4.30. The highest BCUT2D eigenvalue weighted by atomic mass is 16.2. The smallest absolute Gasteiger partial charge is 0.239 e. The van der Waals surface area contributed by atoms with E-state index in [-0.39, 0.29) is 11.9 Å². The Morgan fingerprint density at radius 2 is 2.27 bits per heavy atom. The van der Waals surface area contributed by atoms with Gasteiger partial charge in [-0.15, -0.1) is 0 Å². The van der Waals surface area contributed by atoms with Crippen molar-refractivity contribution in [1.82, 2.24) is 4.90 Å². The molecule has 1 aliphatic rings. The van der Waals surface area contributed by atoms with Crippen molar-refractivity contribution in [1.29, 1.82) is 0 Å². The van der Waals surface area contributed by atoms with E-state index >= 15 is 0 Å². The molecule has 11 heavy (non-hydrogen) atoms. The third-order valence-electron chi connectivity index (χ3n) is 2.08. The maximum Gasteiger partial charge on any atom is 0.239 e. The van der Waals surface area contributed by atoms with E-state index in [0.717, 1.165) is 32.4 Å². The van der Waals surface area contributed by atoms with Gasteiger partial charge < -0.3 is 10.6 Å². The molecule has 1 heterocycles. The van der Waals surface area contributed by atoms with E-state index in [1.807, 2.05) is 11.8 Å². The van der Waals surface area contributed by atoms with Gasteiger partial charge in [0.25, 0.3) is 0 Å². The summed E-state index contributed by atoms with van der Waals surface area (Å²) in [5.41, 5.74) is 5.65. The molecule has 0 spiro atoms. The second-order valence-electron chi connectivity index (χ2n) is 3.07. The summed E-state index contributed by atoms with van der Waals surface area (Å²) < 4.78 is 0. The Kier molecular flexibility index (Phi) is 2.88. The fourth-order valence-electron chi connectivity index (χ4n) is 1.21. The largest absolute Gasteiger partial charge is 0.341 e. The standard InChI is InChI=1S/C8H16N2O/c1-2-4-7(9)8(11)10-5-3-6-10/h7H,2-6,9H2,1H3/t7-/m1/s1. The molecule has 3 heteroatoms. The number of amides is 1. The third-order valence-corrected chi connectivity index (χ3v) is 2.08. The monoisotopic (exact) mass is 156 g/mol. The van der Waals surface area contributed by atoms with Crippen molar-refractivity contribution in [2.24, 2.45) is 5.73 Å². The van der Waals surface area contributed by atoms with E-state index in [0.29, 0.717) is 0 Å². The number of rotatable bonds is 3. The number of carbonyl (C=O) groups is 1. The molecular weight excluding hydrogens is 140 g/mol. The van der Waals surface area contributed by atoms with E-state index in [4.69, 9.17) is 5.73 Å². The van der Waals surface area contributed by atoms with Gasteiger partial charge in [-0.2, -0.15) is 0 Å². The Hall–Kier alpha value is -0.570. The minimum absolute atomic E-state index is 0.137. The Morgan fingerprint density at radius 3 is 2.64 bits per heavy atom. The third kappa shape index (κ3) is 1.93. The number of hydrogen-bond acceptors (Lipinski definition) is 2. The van der Waals surface area contributed by atoms with Crippen LogP contribution in [0.1, 0.15) is 26.2 Å². The fourth-order valence-corrected chi connectivity index (χ4v) is 1.21. The first-order chi connectivity index (χ1) is 5.25. The Bertz CT molecular complexity index is 143. The lowest BCUT2D eigenvalue weighted by Crippen LogP contribution is -2.50. The zero-order valence-corrected chi connectivity index (χ0v) is 7.05. The van der Waals surface area contributed by atoms with Gasteiger partial charge in [0.05, 0.1) is 6.04 Å². The van der Waals surface area contributed by atoms with Gasteiger partial charge in [0.1, 0.15) is 0 Å². The lowest BCUT2D eigenvalue weighted by atomic mass is 10.1. The van der Waals surface area contributed by atoms with E-state index in [9.17, 15) is 4.79 Å². The summed E-state index contributed by atoms with van der Waals surface area (Å²) in [4.78, 5) is 13.1. The Balaban J connectivity index is 2.27. The van der Waals surface area contributed by atoms with Gasteiger partial charge in [-0.05, 0) is 12.8 Å². The van der Waals surface area contributed by atoms with Crippen LogP contribution in [-0.2, 0) is 4.79 Å². The van der Waals surface area contributed by atoms with E-state index in [1.165, 1.54) is 0 Å². The molecule has 0 unspecified atom stereocenters. The molecule has 0 saturated carbocycles. The number of nitrogens with two attached hydrogens (primary N) is 1. The number of nitrogens with zero attached hydrogens (tertiary/aromatic N) is 1. The number of hydrogen-bond donors (Lipinski definition) is 1. The molecule has 3 nitrogen and oxygen atoms in total. The van der Waals surface area contributed by atoms with Gasteiger partial charge in [0.2, 0.25) is 5.91 Å². The number of likely N-dealkylation sites (tertiary alicyclic amines) is 1. The van der Waals surface area contributed by atoms with Crippen molar-refractivity contribution in [2.45, 2.75) is 32.2 Å². The average molecular weight is 156 g/mol. The molecule has 1 rings (SSSR count). The molecular formula is C8H16N2O. The van der Waals surface area contributed by atoms with Crippen LogP contribution in [-0.4, -0.2) is 29.9 Å². The van der Waals surface area contributed by atoms with Crippen LogP contribution in [0.2, 0.25) is 0 Å². The molecule has 1 saturated heterocycles. The van der Waals surface area contributed by atoms with Crippen molar-refractivity contribution in [2.75, 3.05) is 13.1 Å². The van der Waals surface area contributed by atoms with Crippen LogP contribution in [0, 0.1) is 0 Å². The molecule has 0 aromatic heterocycles. The average Bonchev–Trinajstić information content (AvgIpc) is 1.84. The maximum absolute atomic E-state index is 11.3. The van der Waals surface area contributed by atoms with Crippen molar-refractivity contribution in [3.05, 3.63) is 0 Å². The summed E-state index contributed by atoms with van der Waals surface area (Å²) in [6, 6.07) is -0.250. The van der Waals surface area contributed by atoms with Gasteiger partial charge in [-0.3, -0.25) is 4.79 Å². The van der Waals surface area contributed by atoms with Crippen LogP contribution in [0.15, 0.2) is 0 Å². The normalized spacial score (nSPS) is 19.3. The SMILES string of the molecule is CCC[C@@H](N)C(=O)N1CCC1. The highest BCUT2D eigenvalue weighted by Crippen LogP contribution is 2.08. The molecule has 0 radical (unpaired) electrons. The quantitative estimate of drug-likeness (QED) is 0.640. The van der Waals surface area contributed by atoms with Crippen LogP contribution in [0.25, 0.3) is 0 Å². The van der Waals surface area contributed by atoms with Gasteiger partial charge in [0.15, 0.2) is 0 Å². The van der Waals surface area contributed by atoms with Crippen LogP contribution in [0.4, 0.5) is 0 Å². The van der Waals surface area contributed by atoms with Gasteiger partial charge in [-0.25, -0.2) is 0 Å². The van der Waals surface area contributed by atoms with Crippen molar-refractivity contribution < 1.29 is 4.79 Å². The summed E-state index contributed by atoms with van der Waals surface area (Å²) in [5.74, 6) is 0.137. The minimum Gasteiger partial charge on any atom is -0.341 e. The van der Waals surface area contributed by atoms with Crippen LogP contribution >= 0.6 is 0 Å². The zero-order chi connectivity index (χ0) is 8.27. The zero-order valence-electron chi connectivity index (χ0n) is 7.05. The topological polar surface area (TPSA) is 46.3 Å².